The number of aliphatic hydroxyl groups is 1. The van der Waals surface area contributed by atoms with Crippen LogP contribution in [0.3, 0.4) is 0 Å². The Morgan fingerprint density at radius 3 is 3.10 bits per heavy atom. The first-order valence-electron chi connectivity index (χ1n) is 6.70. The largest absolute Gasteiger partial charge is 0.396 e. The zero-order chi connectivity index (χ0) is 14.5. The smallest absolute Gasteiger partial charge is 0.329 e. The number of rotatable bonds is 5. The highest BCUT2D eigenvalue weighted by Gasteiger charge is 2.27. The molecule has 1 aliphatic heterocycles. The Hall–Kier alpha value is -1.96. The zero-order valence-electron chi connectivity index (χ0n) is 11.4. The Morgan fingerprint density at radius 2 is 2.45 bits per heavy atom. The average Bonchev–Trinajstić information content (AvgIpc) is 2.47. The molecule has 1 unspecified atom stereocenters. The van der Waals surface area contributed by atoms with Crippen LogP contribution < -0.4 is 10.2 Å². The highest BCUT2D eigenvalue weighted by Crippen LogP contribution is 2.30. The molecule has 0 saturated carbocycles. The predicted octanol–water partition coefficient (Wildman–Crippen LogP) is 1.03. The Bertz CT molecular complexity index is 480. The molecule has 8 nitrogen and oxygen atoms in total. The molecule has 0 aromatic carbocycles. The van der Waals surface area contributed by atoms with Gasteiger partial charge in [0.25, 0.3) is 0 Å². The lowest BCUT2D eigenvalue weighted by Gasteiger charge is -2.33. The van der Waals surface area contributed by atoms with Crippen molar-refractivity contribution in [3.8, 4) is 0 Å². The molecule has 20 heavy (non-hydrogen) atoms. The van der Waals surface area contributed by atoms with Gasteiger partial charge in [-0.2, -0.15) is 4.98 Å². The van der Waals surface area contributed by atoms with Crippen LogP contribution in [0, 0.1) is 16.0 Å². The summed E-state index contributed by atoms with van der Waals surface area (Å²) in [4.78, 5) is 20.7. The second-order valence-electron chi connectivity index (χ2n) is 4.88. The molecule has 0 spiro atoms. The van der Waals surface area contributed by atoms with E-state index >= 15 is 0 Å². The van der Waals surface area contributed by atoms with E-state index in [1.165, 1.54) is 6.20 Å². The first-order chi connectivity index (χ1) is 9.65. The first kappa shape index (κ1) is 14.4. The molecule has 1 aromatic heterocycles. The maximum Gasteiger partial charge on any atom is 0.329 e. The first-order valence-corrected chi connectivity index (χ1v) is 6.70. The molecule has 1 saturated heterocycles. The van der Waals surface area contributed by atoms with E-state index < -0.39 is 4.92 Å². The van der Waals surface area contributed by atoms with Crippen LogP contribution in [0.2, 0.25) is 0 Å². The van der Waals surface area contributed by atoms with Crippen LogP contribution in [0.1, 0.15) is 19.3 Å². The molecule has 0 radical (unpaired) electrons. The molecular weight excluding hydrogens is 262 g/mol. The summed E-state index contributed by atoms with van der Waals surface area (Å²) in [6.45, 7) is 1.57. The van der Waals surface area contributed by atoms with Crippen LogP contribution in [0.25, 0.3) is 0 Å². The van der Waals surface area contributed by atoms with Crippen LogP contribution in [0.15, 0.2) is 6.20 Å². The number of aromatic nitrogens is 2. The van der Waals surface area contributed by atoms with Crippen molar-refractivity contribution in [1.82, 2.24) is 9.97 Å². The van der Waals surface area contributed by atoms with E-state index in [1.807, 2.05) is 4.90 Å². The van der Waals surface area contributed by atoms with E-state index in [0.29, 0.717) is 30.6 Å². The van der Waals surface area contributed by atoms with E-state index in [4.69, 9.17) is 5.11 Å². The van der Waals surface area contributed by atoms with Crippen molar-refractivity contribution < 1.29 is 10.0 Å². The zero-order valence-corrected chi connectivity index (χ0v) is 11.4. The van der Waals surface area contributed by atoms with Gasteiger partial charge in [0.2, 0.25) is 11.8 Å². The summed E-state index contributed by atoms with van der Waals surface area (Å²) in [5, 5.41) is 22.9. The fourth-order valence-electron chi connectivity index (χ4n) is 2.52. The van der Waals surface area contributed by atoms with Crippen molar-refractivity contribution in [3.05, 3.63) is 16.3 Å². The predicted molar refractivity (Wildman–Crippen MR) is 74.9 cm³/mol. The van der Waals surface area contributed by atoms with Crippen molar-refractivity contribution in [2.24, 2.45) is 5.92 Å². The lowest BCUT2D eigenvalue weighted by molar-refractivity contribution is -0.384. The molecule has 2 heterocycles. The van der Waals surface area contributed by atoms with Gasteiger partial charge < -0.3 is 15.3 Å². The highest BCUT2D eigenvalue weighted by atomic mass is 16.6. The lowest BCUT2D eigenvalue weighted by atomic mass is 9.95. The standard InChI is InChI=1S/C12H19N5O3/c1-13-12-14-7-10(17(19)20)11(15-12)16-5-2-3-9(8-16)4-6-18/h7,9,18H,2-6,8H2,1H3,(H,13,14,15). The van der Waals surface area contributed by atoms with Gasteiger partial charge in [0, 0.05) is 26.7 Å². The monoisotopic (exact) mass is 281 g/mol. The number of hydrogen-bond donors (Lipinski definition) is 2. The van der Waals surface area contributed by atoms with Gasteiger partial charge in [-0.05, 0) is 25.2 Å². The highest BCUT2D eigenvalue weighted by molar-refractivity contribution is 5.59. The van der Waals surface area contributed by atoms with Gasteiger partial charge in [-0.1, -0.05) is 0 Å². The Morgan fingerprint density at radius 1 is 1.65 bits per heavy atom. The molecule has 1 aliphatic rings. The lowest BCUT2D eigenvalue weighted by Crippen LogP contribution is -2.36. The number of piperidine rings is 1. The van der Waals surface area contributed by atoms with Gasteiger partial charge in [0.1, 0.15) is 6.20 Å². The van der Waals surface area contributed by atoms with E-state index in [1.54, 1.807) is 7.05 Å². The van der Waals surface area contributed by atoms with Crippen LogP contribution in [0.4, 0.5) is 17.5 Å². The van der Waals surface area contributed by atoms with Crippen molar-refractivity contribution in [2.45, 2.75) is 19.3 Å². The number of anilines is 2. The second kappa shape index (κ2) is 6.47. The Kier molecular flexibility index (Phi) is 4.67. The topological polar surface area (TPSA) is 104 Å². The minimum absolute atomic E-state index is 0.0753. The molecule has 1 aromatic rings. The Balaban J connectivity index is 2.27. The third-order valence-electron chi connectivity index (χ3n) is 3.53. The summed E-state index contributed by atoms with van der Waals surface area (Å²) in [7, 11) is 1.68. The Labute approximate surface area is 117 Å². The fourth-order valence-corrected chi connectivity index (χ4v) is 2.52. The normalized spacial score (nSPS) is 18.9. The van der Waals surface area contributed by atoms with Gasteiger partial charge in [-0.25, -0.2) is 4.98 Å². The van der Waals surface area contributed by atoms with Gasteiger partial charge in [0.05, 0.1) is 4.92 Å². The summed E-state index contributed by atoms with van der Waals surface area (Å²) < 4.78 is 0. The number of nitrogens with zero attached hydrogens (tertiary/aromatic N) is 4. The van der Waals surface area contributed by atoms with E-state index in [9.17, 15) is 10.1 Å². The van der Waals surface area contributed by atoms with E-state index in [0.717, 1.165) is 19.4 Å². The van der Waals surface area contributed by atoms with Gasteiger partial charge in [0.15, 0.2) is 0 Å². The molecule has 1 atom stereocenters. The van der Waals surface area contributed by atoms with Crippen LogP contribution in [0.5, 0.6) is 0 Å². The number of nitrogens with one attached hydrogen (secondary N) is 1. The molecule has 0 amide bonds. The molecule has 0 bridgehead atoms. The van der Waals surface area contributed by atoms with Crippen LogP contribution in [-0.4, -0.2) is 46.7 Å². The fraction of sp³-hybridized carbons (Fsp3) is 0.667. The summed E-state index contributed by atoms with van der Waals surface area (Å²) in [6.07, 6.45) is 3.94. The molecule has 0 aliphatic carbocycles. The van der Waals surface area contributed by atoms with E-state index in [2.05, 4.69) is 15.3 Å². The SMILES string of the molecule is CNc1ncc([N+](=O)[O-])c(N2CCCC(CCO)C2)n1. The summed E-state index contributed by atoms with van der Waals surface area (Å²) >= 11 is 0. The third-order valence-corrected chi connectivity index (χ3v) is 3.53. The van der Waals surface area contributed by atoms with Crippen LogP contribution >= 0.6 is 0 Å². The van der Waals surface area contributed by atoms with Crippen molar-refractivity contribution >= 4 is 17.5 Å². The van der Waals surface area contributed by atoms with Crippen molar-refractivity contribution in [2.75, 3.05) is 37.0 Å². The van der Waals surface area contributed by atoms with E-state index in [-0.39, 0.29) is 12.3 Å². The minimum Gasteiger partial charge on any atom is -0.396 e. The molecule has 2 N–H and O–H groups in total. The quantitative estimate of drug-likeness (QED) is 0.613. The maximum atomic E-state index is 11.1. The number of nitro groups is 1. The summed E-state index contributed by atoms with van der Waals surface area (Å²) in [5.41, 5.74) is -0.0753. The number of aliphatic hydroxyl groups excluding tert-OH is 1. The third kappa shape index (κ3) is 3.13. The molecule has 1 fully saturated rings. The van der Waals surface area contributed by atoms with Crippen molar-refractivity contribution in [1.29, 1.82) is 0 Å². The maximum absolute atomic E-state index is 11.1. The molecule has 2 rings (SSSR count). The minimum atomic E-state index is -0.454. The molecule has 8 heteroatoms. The second-order valence-corrected chi connectivity index (χ2v) is 4.88. The summed E-state index contributed by atoms with van der Waals surface area (Å²) in [6, 6.07) is 0. The van der Waals surface area contributed by atoms with Gasteiger partial charge in [-0.3, -0.25) is 10.1 Å². The summed E-state index contributed by atoms with van der Waals surface area (Å²) in [5.74, 6) is 1.08. The van der Waals surface area contributed by atoms with Crippen LogP contribution in [-0.2, 0) is 0 Å². The molecule has 110 valence electrons. The number of hydrogen-bond acceptors (Lipinski definition) is 7. The van der Waals surface area contributed by atoms with Gasteiger partial charge >= 0.3 is 5.69 Å². The van der Waals surface area contributed by atoms with Gasteiger partial charge in [-0.15, -0.1) is 0 Å². The molecular formula is C12H19N5O3. The van der Waals surface area contributed by atoms with Crippen molar-refractivity contribution in [3.63, 3.8) is 0 Å². The average molecular weight is 281 g/mol.